The normalized spacial score (nSPS) is 20.0. The Kier molecular flexibility index (Phi) is 6.82. The third-order valence-electron chi connectivity index (χ3n) is 4.02. The van der Waals surface area contributed by atoms with Gasteiger partial charge in [0, 0.05) is 6.61 Å². The lowest BCUT2D eigenvalue weighted by Crippen LogP contribution is -2.24. The second-order valence-corrected chi connectivity index (χ2v) is 9.33. The second-order valence-electron chi connectivity index (χ2n) is 7.72. The number of benzene rings is 1. The predicted octanol–water partition coefficient (Wildman–Crippen LogP) is 3.08. The zero-order valence-corrected chi connectivity index (χ0v) is 16.7. The van der Waals surface area contributed by atoms with Gasteiger partial charge in [0.1, 0.15) is 5.60 Å². The van der Waals surface area contributed by atoms with Crippen LogP contribution >= 0.6 is 0 Å². The SMILES string of the molecule is Cc1ccc(S(=O)(=O)OC[C@H]2C[C@@H]2COCCC(=O)OC(C)(C)C)cc1. The van der Waals surface area contributed by atoms with Gasteiger partial charge in [-0.25, -0.2) is 0 Å². The molecular formula is C19H28O6S. The Labute approximate surface area is 156 Å². The highest BCUT2D eigenvalue weighted by atomic mass is 32.2. The molecule has 7 heteroatoms. The Morgan fingerprint density at radius 1 is 1.12 bits per heavy atom. The lowest BCUT2D eigenvalue weighted by molar-refractivity contribution is -0.156. The molecule has 2 atom stereocenters. The van der Waals surface area contributed by atoms with E-state index in [4.69, 9.17) is 13.7 Å². The van der Waals surface area contributed by atoms with Gasteiger partial charge in [-0.05, 0) is 58.1 Å². The van der Waals surface area contributed by atoms with Gasteiger partial charge in [0.05, 0.1) is 24.5 Å². The van der Waals surface area contributed by atoms with E-state index >= 15 is 0 Å². The molecule has 0 aliphatic heterocycles. The minimum atomic E-state index is -3.71. The quantitative estimate of drug-likeness (QED) is 0.370. The fourth-order valence-electron chi connectivity index (χ4n) is 2.45. The maximum Gasteiger partial charge on any atom is 0.308 e. The number of hydrogen-bond donors (Lipinski definition) is 0. The first-order chi connectivity index (χ1) is 12.1. The molecule has 0 radical (unpaired) electrons. The van der Waals surface area contributed by atoms with Crippen LogP contribution in [-0.2, 0) is 28.6 Å². The number of carbonyl (C=O) groups is 1. The summed E-state index contributed by atoms with van der Waals surface area (Å²) in [5.41, 5.74) is 0.508. The van der Waals surface area contributed by atoms with Crippen molar-refractivity contribution in [1.29, 1.82) is 0 Å². The Morgan fingerprint density at radius 2 is 1.73 bits per heavy atom. The number of carbonyl (C=O) groups excluding carboxylic acids is 1. The highest BCUT2D eigenvalue weighted by molar-refractivity contribution is 7.86. The fraction of sp³-hybridized carbons (Fsp3) is 0.632. The van der Waals surface area contributed by atoms with Crippen molar-refractivity contribution in [3.05, 3.63) is 29.8 Å². The molecule has 0 aromatic heterocycles. The lowest BCUT2D eigenvalue weighted by Gasteiger charge is -2.19. The Morgan fingerprint density at radius 3 is 2.35 bits per heavy atom. The first-order valence-electron chi connectivity index (χ1n) is 8.82. The summed E-state index contributed by atoms with van der Waals surface area (Å²) < 4.78 is 40.1. The molecule has 0 heterocycles. The fourth-order valence-corrected chi connectivity index (χ4v) is 3.41. The van der Waals surface area contributed by atoms with E-state index in [0.29, 0.717) is 13.2 Å². The summed E-state index contributed by atoms with van der Waals surface area (Å²) in [6, 6.07) is 6.59. The standard InChI is InChI=1S/C19H28O6S/c1-14-5-7-17(8-6-14)26(21,22)24-13-16-11-15(16)12-23-10-9-18(20)25-19(2,3)4/h5-8,15-16H,9-13H2,1-4H3/t15-,16-/m1/s1. The van der Waals surface area contributed by atoms with Crippen molar-refractivity contribution in [2.24, 2.45) is 11.8 Å². The third kappa shape index (κ3) is 7.05. The monoisotopic (exact) mass is 384 g/mol. The van der Waals surface area contributed by atoms with Crippen molar-refractivity contribution in [2.75, 3.05) is 19.8 Å². The maximum absolute atomic E-state index is 12.1. The van der Waals surface area contributed by atoms with Crippen LogP contribution in [0.1, 0.15) is 39.2 Å². The molecule has 0 N–H and O–H groups in total. The molecule has 1 fully saturated rings. The molecule has 1 aliphatic rings. The molecule has 0 unspecified atom stereocenters. The van der Waals surface area contributed by atoms with Crippen LogP contribution < -0.4 is 0 Å². The van der Waals surface area contributed by atoms with Gasteiger partial charge >= 0.3 is 5.97 Å². The van der Waals surface area contributed by atoms with Crippen LogP contribution in [0, 0.1) is 18.8 Å². The van der Waals surface area contributed by atoms with Gasteiger partial charge in [0.15, 0.2) is 0 Å². The molecule has 1 aromatic rings. The van der Waals surface area contributed by atoms with Crippen LogP contribution in [0.4, 0.5) is 0 Å². The van der Waals surface area contributed by atoms with Crippen LogP contribution in [0.5, 0.6) is 0 Å². The largest absolute Gasteiger partial charge is 0.460 e. The Bertz CT molecular complexity index is 703. The summed E-state index contributed by atoms with van der Waals surface area (Å²) in [5, 5.41) is 0. The van der Waals surface area contributed by atoms with Crippen molar-refractivity contribution in [2.45, 2.75) is 51.0 Å². The van der Waals surface area contributed by atoms with E-state index in [2.05, 4.69) is 0 Å². The van der Waals surface area contributed by atoms with E-state index in [1.54, 1.807) is 24.3 Å². The van der Waals surface area contributed by atoms with Gasteiger partial charge in [-0.3, -0.25) is 8.98 Å². The third-order valence-corrected chi connectivity index (χ3v) is 5.31. The summed E-state index contributed by atoms with van der Waals surface area (Å²) in [6.07, 6.45) is 1.09. The zero-order chi connectivity index (χ0) is 19.4. The van der Waals surface area contributed by atoms with E-state index in [9.17, 15) is 13.2 Å². The molecule has 146 valence electrons. The molecule has 0 amide bonds. The van der Waals surface area contributed by atoms with Gasteiger partial charge in [-0.1, -0.05) is 17.7 Å². The number of ether oxygens (including phenoxy) is 2. The minimum Gasteiger partial charge on any atom is -0.460 e. The van der Waals surface area contributed by atoms with E-state index in [1.165, 1.54) is 0 Å². The molecule has 2 rings (SSSR count). The first kappa shape index (κ1) is 20.9. The van der Waals surface area contributed by atoms with Crippen molar-refractivity contribution >= 4 is 16.1 Å². The van der Waals surface area contributed by atoms with Gasteiger partial charge in [-0.2, -0.15) is 8.42 Å². The first-order valence-corrected chi connectivity index (χ1v) is 10.2. The van der Waals surface area contributed by atoms with E-state index in [1.807, 2.05) is 27.7 Å². The summed E-state index contributed by atoms with van der Waals surface area (Å²) in [5.74, 6) is 0.177. The average Bonchev–Trinajstić information content (AvgIpc) is 3.27. The highest BCUT2D eigenvalue weighted by Gasteiger charge is 2.38. The van der Waals surface area contributed by atoms with E-state index in [0.717, 1.165) is 12.0 Å². The minimum absolute atomic E-state index is 0.163. The number of esters is 1. The maximum atomic E-state index is 12.1. The van der Waals surface area contributed by atoms with E-state index in [-0.39, 0.29) is 35.7 Å². The molecule has 0 bridgehead atoms. The summed E-state index contributed by atoms with van der Waals surface area (Å²) in [7, 11) is -3.71. The average molecular weight is 384 g/mol. The predicted molar refractivity (Wildman–Crippen MR) is 97.2 cm³/mol. The van der Waals surface area contributed by atoms with Crippen molar-refractivity contribution in [1.82, 2.24) is 0 Å². The summed E-state index contributed by atoms with van der Waals surface area (Å²) in [4.78, 5) is 11.7. The summed E-state index contributed by atoms with van der Waals surface area (Å²) in [6.45, 7) is 8.34. The Balaban J connectivity index is 1.62. The molecule has 6 nitrogen and oxygen atoms in total. The van der Waals surface area contributed by atoms with Gasteiger partial charge < -0.3 is 9.47 Å². The molecule has 1 aromatic carbocycles. The van der Waals surface area contributed by atoms with Crippen LogP contribution in [-0.4, -0.2) is 39.8 Å². The van der Waals surface area contributed by atoms with E-state index < -0.39 is 15.7 Å². The van der Waals surface area contributed by atoms with Crippen molar-refractivity contribution in [3.63, 3.8) is 0 Å². The topological polar surface area (TPSA) is 78.9 Å². The van der Waals surface area contributed by atoms with Crippen LogP contribution in [0.15, 0.2) is 29.2 Å². The highest BCUT2D eigenvalue weighted by Crippen LogP contribution is 2.39. The van der Waals surface area contributed by atoms with Gasteiger partial charge in [0.2, 0.25) is 0 Å². The molecular weight excluding hydrogens is 356 g/mol. The molecule has 0 saturated heterocycles. The van der Waals surface area contributed by atoms with Crippen LogP contribution in [0.3, 0.4) is 0 Å². The van der Waals surface area contributed by atoms with Crippen molar-refractivity contribution in [3.8, 4) is 0 Å². The van der Waals surface area contributed by atoms with Crippen molar-refractivity contribution < 1.29 is 26.9 Å². The number of aryl methyl sites for hydroxylation is 1. The molecule has 26 heavy (non-hydrogen) atoms. The second kappa shape index (κ2) is 8.50. The number of hydrogen-bond acceptors (Lipinski definition) is 6. The summed E-state index contributed by atoms with van der Waals surface area (Å²) >= 11 is 0. The lowest BCUT2D eigenvalue weighted by atomic mass is 10.2. The zero-order valence-electron chi connectivity index (χ0n) is 15.9. The Hall–Kier alpha value is -1.44. The molecule has 1 saturated carbocycles. The van der Waals surface area contributed by atoms with Crippen LogP contribution in [0.25, 0.3) is 0 Å². The smallest absolute Gasteiger partial charge is 0.308 e. The van der Waals surface area contributed by atoms with Crippen LogP contribution in [0.2, 0.25) is 0 Å². The molecule has 1 aliphatic carbocycles. The van der Waals surface area contributed by atoms with Gasteiger partial charge in [-0.15, -0.1) is 0 Å². The molecule has 0 spiro atoms. The number of rotatable bonds is 9. The van der Waals surface area contributed by atoms with Gasteiger partial charge in [0.25, 0.3) is 10.1 Å².